The molecule has 0 heterocycles. The lowest BCUT2D eigenvalue weighted by atomic mass is 9.84. The van der Waals surface area contributed by atoms with Crippen LogP contribution in [0.3, 0.4) is 0 Å². The fraction of sp³-hybridized carbons (Fsp3) is 0.0270. The van der Waals surface area contributed by atoms with Gasteiger partial charge in [0.25, 0.3) is 0 Å². The van der Waals surface area contributed by atoms with Crippen molar-refractivity contribution in [1.29, 1.82) is 0 Å². The standard InChI is InChI=1S/C37H21F3/c1-20-24-6-2-4-8-27(24)36(28-9-5-3-7-25(20)28)31-17-13-22-11-15-29-26(23-18-32(38)37(40)33(39)19-23)14-10-21-12-16-30(31)35(22)34(21)29/h2-19H,1H3. The number of halogens is 3. The minimum Gasteiger partial charge on any atom is -0.204 e. The van der Waals surface area contributed by atoms with Crippen LogP contribution in [-0.4, -0.2) is 0 Å². The highest BCUT2D eigenvalue weighted by Gasteiger charge is 2.19. The van der Waals surface area contributed by atoms with Gasteiger partial charge in [-0.25, -0.2) is 13.2 Å². The molecular formula is C37H21F3. The first-order chi connectivity index (χ1) is 19.5. The van der Waals surface area contributed by atoms with Gasteiger partial charge in [0.2, 0.25) is 0 Å². The quantitative estimate of drug-likeness (QED) is 0.120. The molecule has 0 spiro atoms. The summed E-state index contributed by atoms with van der Waals surface area (Å²) in [5.41, 5.74) is 4.56. The van der Waals surface area contributed by atoms with Gasteiger partial charge in [-0.15, -0.1) is 0 Å². The van der Waals surface area contributed by atoms with Gasteiger partial charge in [-0.2, -0.15) is 0 Å². The van der Waals surface area contributed by atoms with Gasteiger partial charge in [0.15, 0.2) is 17.5 Å². The zero-order valence-electron chi connectivity index (χ0n) is 21.5. The van der Waals surface area contributed by atoms with Gasteiger partial charge in [-0.1, -0.05) is 97.1 Å². The number of benzene rings is 8. The highest BCUT2D eigenvalue weighted by atomic mass is 19.2. The summed E-state index contributed by atoms with van der Waals surface area (Å²) in [6, 6.07) is 35.8. The van der Waals surface area contributed by atoms with Crippen LogP contribution in [0.15, 0.2) is 109 Å². The normalized spacial score (nSPS) is 12.0. The van der Waals surface area contributed by atoms with E-state index in [1.807, 2.05) is 18.2 Å². The van der Waals surface area contributed by atoms with Crippen LogP contribution in [0.2, 0.25) is 0 Å². The van der Waals surface area contributed by atoms with Crippen LogP contribution in [0.25, 0.3) is 76.1 Å². The predicted molar refractivity (Wildman–Crippen MR) is 161 cm³/mol. The molecule has 0 aliphatic heterocycles. The molecule has 0 unspecified atom stereocenters. The SMILES string of the molecule is Cc1c2ccccc2c(-c2ccc3ccc4c(-c5cc(F)c(F)c(F)c5)ccc5ccc2c3c54)c2ccccc12. The summed E-state index contributed by atoms with van der Waals surface area (Å²) in [4.78, 5) is 0. The molecule has 0 radical (unpaired) electrons. The molecule has 0 aromatic heterocycles. The molecular weight excluding hydrogens is 501 g/mol. The Hall–Kier alpha value is -4.89. The van der Waals surface area contributed by atoms with Crippen molar-refractivity contribution in [3.05, 3.63) is 132 Å². The Morgan fingerprint density at radius 2 is 0.900 bits per heavy atom. The third-order valence-corrected chi connectivity index (χ3v) is 8.43. The maximum atomic E-state index is 14.2. The van der Waals surface area contributed by atoms with Crippen molar-refractivity contribution >= 4 is 53.9 Å². The second-order valence-electron chi connectivity index (χ2n) is 10.5. The van der Waals surface area contributed by atoms with E-state index in [4.69, 9.17) is 0 Å². The molecule has 0 bridgehead atoms. The molecule has 0 aliphatic rings. The number of aryl methyl sites for hydroxylation is 1. The summed E-state index contributed by atoms with van der Waals surface area (Å²) >= 11 is 0. The van der Waals surface area contributed by atoms with Crippen molar-refractivity contribution in [3.8, 4) is 22.3 Å². The Morgan fingerprint density at radius 1 is 0.450 bits per heavy atom. The largest absolute Gasteiger partial charge is 0.204 e. The number of hydrogen-bond donors (Lipinski definition) is 0. The molecule has 0 saturated carbocycles. The van der Waals surface area contributed by atoms with Crippen molar-refractivity contribution in [2.24, 2.45) is 0 Å². The van der Waals surface area contributed by atoms with Gasteiger partial charge in [-0.3, -0.25) is 0 Å². The summed E-state index contributed by atoms with van der Waals surface area (Å²) in [6.45, 7) is 2.18. The first kappa shape index (κ1) is 23.0. The lowest BCUT2D eigenvalue weighted by molar-refractivity contribution is 0.448. The van der Waals surface area contributed by atoms with Crippen LogP contribution in [0.1, 0.15) is 5.56 Å². The molecule has 0 fully saturated rings. The Balaban J connectivity index is 1.51. The molecule has 0 N–H and O–H groups in total. The number of fused-ring (bicyclic) bond motifs is 2. The van der Waals surface area contributed by atoms with E-state index in [2.05, 4.69) is 85.8 Å². The first-order valence-electron chi connectivity index (χ1n) is 13.3. The van der Waals surface area contributed by atoms with Crippen molar-refractivity contribution in [2.75, 3.05) is 0 Å². The van der Waals surface area contributed by atoms with Crippen molar-refractivity contribution in [1.82, 2.24) is 0 Å². The first-order valence-corrected chi connectivity index (χ1v) is 13.3. The van der Waals surface area contributed by atoms with E-state index in [1.54, 1.807) is 0 Å². The van der Waals surface area contributed by atoms with Crippen molar-refractivity contribution in [3.63, 3.8) is 0 Å². The average molecular weight is 523 g/mol. The van der Waals surface area contributed by atoms with Crippen LogP contribution in [0, 0.1) is 24.4 Å². The average Bonchev–Trinajstić information content (AvgIpc) is 2.99. The van der Waals surface area contributed by atoms with E-state index < -0.39 is 17.5 Å². The highest BCUT2D eigenvalue weighted by molar-refractivity contribution is 6.29. The number of rotatable bonds is 2. The molecule has 8 aromatic rings. The fourth-order valence-corrected chi connectivity index (χ4v) is 6.62. The Labute approximate surface area is 228 Å². The van der Waals surface area contributed by atoms with E-state index >= 15 is 0 Å². The minimum atomic E-state index is -1.45. The summed E-state index contributed by atoms with van der Waals surface area (Å²) in [5, 5.41) is 11.1. The Bertz CT molecular complexity index is 2230. The lowest BCUT2D eigenvalue weighted by Crippen LogP contribution is -1.94. The Kier molecular flexibility index (Phi) is 4.78. The summed E-state index contributed by atoms with van der Waals surface area (Å²) in [5.74, 6) is -3.84. The molecule has 0 saturated heterocycles. The van der Waals surface area contributed by atoms with E-state index in [-0.39, 0.29) is 0 Å². The third-order valence-electron chi connectivity index (χ3n) is 8.43. The maximum Gasteiger partial charge on any atom is 0.194 e. The second-order valence-corrected chi connectivity index (χ2v) is 10.5. The third kappa shape index (κ3) is 3.09. The Morgan fingerprint density at radius 3 is 1.45 bits per heavy atom. The zero-order chi connectivity index (χ0) is 27.1. The van der Waals surface area contributed by atoms with E-state index in [0.29, 0.717) is 11.1 Å². The molecule has 0 nitrogen and oxygen atoms in total. The summed E-state index contributed by atoms with van der Waals surface area (Å²) in [7, 11) is 0. The molecule has 3 heteroatoms. The lowest BCUT2D eigenvalue weighted by Gasteiger charge is -2.19. The summed E-state index contributed by atoms with van der Waals surface area (Å²) < 4.78 is 42.2. The van der Waals surface area contributed by atoms with E-state index in [1.165, 1.54) is 32.7 Å². The van der Waals surface area contributed by atoms with Crippen LogP contribution < -0.4 is 0 Å². The van der Waals surface area contributed by atoms with Gasteiger partial charge < -0.3 is 0 Å². The molecule has 190 valence electrons. The van der Waals surface area contributed by atoms with Gasteiger partial charge in [0.1, 0.15) is 0 Å². The van der Waals surface area contributed by atoms with E-state index in [0.717, 1.165) is 50.0 Å². The molecule has 8 aromatic carbocycles. The molecule has 0 aliphatic carbocycles. The van der Waals surface area contributed by atoms with Gasteiger partial charge in [0, 0.05) is 0 Å². The van der Waals surface area contributed by atoms with Crippen LogP contribution in [0.4, 0.5) is 13.2 Å². The van der Waals surface area contributed by atoms with Crippen molar-refractivity contribution in [2.45, 2.75) is 6.92 Å². The number of hydrogen-bond acceptors (Lipinski definition) is 0. The molecule has 0 atom stereocenters. The predicted octanol–water partition coefficient (Wildman–Crippen LogP) is 11.0. The van der Waals surface area contributed by atoms with Gasteiger partial charge >= 0.3 is 0 Å². The smallest absolute Gasteiger partial charge is 0.194 e. The van der Waals surface area contributed by atoms with Crippen molar-refractivity contribution < 1.29 is 13.2 Å². The molecule has 0 amide bonds. The maximum absolute atomic E-state index is 14.2. The second kappa shape index (κ2) is 8.30. The highest BCUT2D eigenvalue weighted by Crippen LogP contribution is 2.46. The summed E-state index contributed by atoms with van der Waals surface area (Å²) in [6.07, 6.45) is 0. The molecule has 40 heavy (non-hydrogen) atoms. The van der Waals surface area contributed by atoms with Crippen LogP contribution in [0.5, 0.6) is 0 Å². The van der Waals surface area contributed by atoms with E-state index in [9.17, 15) is 13.2 Å². The topological polar surface area (TPSA) is 0 Å². The van der Waals surface area contributed by atoms with Gasteiger partial charge in [0.05, 0.1) is 0 Å². The monoisotopic (exact) mass is 522 g/mol. The molecule has 8 rings (SSSR count). The van der Waals surface area contributed by atoms with Gasteiger partial charge in [-0.05, 0) is 101 Å². The zero-order valence-corrected chi connectivity index (χ0v) is 21.5. The van der Waals surface area contributed by atoms with Crippen LogP contribution in [-0.2, 0) is 0 Å². The minimum absolute atomic E-state index is 0.310. The van der Waals surface area contributed by atoms with Crippen LogP contribution >= 0.6 is 0 Å². The fourth-order valence-electron chi connectivity index (χ4n) is 6.62.